The van der Waals surface area contributed by atoms with E-state index in [2.05, 4.69) is 30.8 Å². The molecule has 1 aliphatic rings. The van der Waals surface area contributed by atoms with Crippen molar-refractivity contribution in [2.24, 2.45) is 11.3 Å². The molecule has 0 bridgehead atoms. The first-order valence-corrected chi connectivity index (χ1v) is 8.50. The zero-order valence-corrected chi connectivity index (χ0v) is 13.1. The summed E-state index contributed by atoms with van der Waals surface area (Å²) in [5.74, 6) is 0.787. The highest BCUT2D eigenvalue weighted by Crippen LogP contribution is 2.40. The molecule has 4 nitrogen and oxygen atoms in total. The molecule has 0 saturated heterocycles. The van der Waals surface area contributed by atoms with Gasteiger partial charge in [-0.05, 0) is 38.0 Å². The minimum Gasteiger partial charge on any atom is -0.313 e. The van der Waals surface area contributed by atoms with Gasteiger partial charge in [-0.3, -0.25) is 0 Å². The second-order valence-corrected chi connectivity index (χ2v) is 8.58. The third-order valence-electron chi connectivity index (χ3n) is 3.53. The van der Waals surface area contributed by atoms with Gasteiger partial charge in [0, 0.05) is 18.6 Å². The van der Waals surface area contributed by atoms with Gasteiger partial charge in [0.1, 0.15) is 0 Å². The average Bonchev–Trinajstić information content (AvgIpc) is 2.36. The Morgan fingerprint density at radius 2 is 1.89 bits per heavy atom. The van der Waals surface area contributed by atoms with Crippen molar-refractivity contribution in [2.45, 2.75) is 59.5 Å². The predicted octanol–water partition coefficient (Wildman–Crippen LogP) is 1.73. The summed E-state index contributed by atoms with van der Waals surface area (Å²) in [6, 6.07) is 0.425. The Bertz CT molecular complexity index is 363. The van der Waals surface area contributed by atoms with E-state index < -0.39 is 10.0 Å². The van der Waals surface area contributed by atoms with Gasteiger partial charge in [-0.15, -0.1) is 0 Å². The van der Waals surface area contributed by atoms with E-state index in [4.69, 9.17) is 0 Å². The van der Waals surface area contributed by atoms with E-state index in [9.17, 15) is 8.42 Å². The lowest BCUT2D eigenvalue weighted by Gasteiger charge is -2.19. The highest BCUT2D eigenvalue weighted by Gasteiger charge is 2.36. The molecule has 0 aromatic rings. The molecule has 1 aliphatic carbocycles. The quantitative estimate of drug-likeness (QED) is 0.777. The third kappa shape index (κ3) is 5.24. The van der Waals surface area contributed by atoms with Crippen molar-refractivity contribution in [1.29, 1.82) is 0 Å². The fourth-order valence-electron chi connectivity index (χ4n) is 2.96. The van der Waals surface area contributed by atoms with E-state index in [0.717, 1.165) is 6.42 Å². The van der Waals surface area contributed by atoms with Crippen molar-refractivity contribution < 1.29 is 8.42 Å². The minimum absolute atomic E-state index is 0.0284. The maximum Gasteiger partial charge on any atom is 0.213 e. The second kappa shape index (κ2) is 5.88. The van der Waals surface area contributed by atoms with Gasteiger partial charge in [-0.25, -0.2) is 13.1 Å². The molecule has 0 aliphatic heterocycles. The fraction of sp³-hybridized carbons (Fsp3) is 1.00. The number of rotatable bonds is 6. The molecule has 0 aromatic heterocycles. The van der Waals surface area contributed by atoms with Gasteiger partial charge in [0.25, 0.3) is 0 Å². The van der Waals surface area contributed by atoms with Crippen LogP contribution in [0.2, 0.25) is 0 Å². The first kappa shape index (κ1) is 15.9. The van der Waals surface area contributed by atoms with Crippen LogP contribution in [0.3, 0.4) is 0 Å². The summed E-state index contributed by atoms with van der Waals surface area (Å²) in [7, 11) is -3.13. The van der Waals surface area contributed by atoms with Crippen LogP contribution < -0.4 is 10.0 Å². The molecule has 2 unspecified atom stereocenters. The summed E-state index contributed by atoms with van der Waals surface area (Å²) in [5, 5.41) is 3.40. The smallest absolute Gasteiger partial charge is 0.213 e. The van der Waals surface area contributed by atoms with Gasteiger partial charge in [0.15, 0.2) is 0 Å². The van der Waals surface area contributed by atoms with Crippen molar-refractivity contribution in [3.05, 3.63) is 0 Å². The number of hydrogen-bond donors (Lipinski definition) is 2. The molecule has 1 rings (SSSR count). The molecule has 0 radical (unpaired) electrons. The molecule has 18 heavy (non-hydrogen) atoms. The lowest BCUT2D eigenvalue weighted by atomic mass is 9.91. The van der Waals surface area contributed by atoms with Crippen LogP contribution in [0.15, 0.2) is 0 Å². The van der Waals surface area contributed by atoms with Crippen LogP contribution in [-0.4, -0.2) is 32.8 Å². The number of nitrogens with one attached hydrogen (secondary N) is 2. The summed E-state index contributed by atoms with van der Waals surface area (Å²) < 4.78 is 25.9. The van der Waals surface area contributed by atoms with Gasteiger partial charge in [0.05, 0.1) is 5.75 Å². The molecule has 2 N–H and O–H groups in total. The van der Waals surface area contributed by atoms with Crippen molar-refractivity contribution in [2.75, 3.05) is 12.3 Å². The molecule has 108 valence electrons. The monoisotopic (exact) mass is 276 g/mol. The van der Waals surface area contributed by atoms with Crippen LogP contribution in [-0.2, 0) is 10.0 Å². The van der Waals surface area contributed by atoms with Crippen LogP contribution in [0.4, 0.5) is 0 Å². The average molecular weight is 276 g/mol. The van der Waals surface area contributed by atoms with Crippen LogP contribution in [0.1, 0.15) is 47.5 Å². The summed E-state index contributed by atoms with van der Waals surface area (Å²) in [4.78, 5) is 0. The molecule has 0 spiro atoms. The SMILES string of the molecule is CC(C)NS(=O)(=O)CCNC1CC(C)(C)CC1C. The van der Waals surface area contributed by atoms with Gasteiger partial charge < -0.3 is 5.32 Å². The zero-order valence-electron chi connectivity index (χ0n) is 12.3. The van der Waals surface area contributed by atoms with E-state index in [0.29, 0.717) is 23.9 Å². The van der Waals surface area contributed by atoms with Crippen molar-refractivity contribution in [1.82, 2.24) is 10.0 Å². The molecule has 0 amide bonds. The molecule has 0 aromatic carbocycles. The lowest BCUT2D eigenvalue weighted by molar-refractivity contribution is 0.363. The van der Waals surface area contributed by atoms with Crippen LogP contribution in [0.25, 0.3) is 0 Å². The maximum absolute atomic E-state index is 11.7. The predicted molar refractivity (Wildman–Crippen MR) is 76.0 cm³/mol. The second-order valence-electron chi connectivity index (χ2n) is 6.70. The highest BCUT2D eigenvalue weighted by molar-refractivity contribution is 7.89. The molecule has 1 fully saturated rings. The lowest BCUT2D eigenvalue weighted by Crippen LogP contribution is -2.39. The van der Waals surface area contributed by atoms with E-state index in [1.54, 1.807) is 0 Å². The van der Waals surface area contributed by atoms with Gasteiger partial charge in [-0.2, -0.15) is 0 Å². The Morgan fingerprint density at radius 1 is 1.28 bits per heavy atom. The van der Waals surface area contributed by atoms with Gasteiger partial charge in [0.2, 0.25) is 10.0 Å². The largest absolute Gasteiger partial charge is 0.313 e. The summed E-state index contributed by atoms with van der Waals surface area (Å²) in [6.45, 7) is 11.0. The first-order chi connectivity index (χ1) is 8.11. The Labute approximate surface area is 112 Å². The Hall–Kier alpha value is -0.130. The molecule has 2 atom stereocenters. The standard InChI is InChI=1S/C13H28N2O2S/c1-10(2)15-18(16,17)7-6-14-12-9-13(4,5)8-11(12)3/h10-12,14-15H,6-9H2,1-5H3. The van der Waals surface area contributed by atoms with E-state index >= 15 is 0 Å². The van der Waals surface area contributed by atoms with E-state index in [1.165, 1.54) is 6.42 Å². The van der Waals surface area contributed by atoms with Crippen molar-refractivity contribution in [3.63, 3.8) is 0 Å². The van der Waals surface area contributed by atoms with Gasteiger partial charge in [-0.1, -0.05) is 20.8 Å². The van der Waals surface area contributed by atoms with E-state index in [1.807, 2.05) is 13.8 Å². The van der Waals surface area contributed by atoms with Crippen LogP contribution >= 0.6 is 0 Å². The first-order valence-electron chi connectivity index (χ1n) is 6.85. The normalized spacial score (nSPS) is 27.9. The van der Waals surface area contributed by atoms with Gasteiger partial charge >= 0.3 is 0 Å². The Morgan fingerprint density at radius 3 is 2.33 bits per heavy atom. The Kier molecular flexibility index (Phi) is 5.21. The minimum atomic E-state index is -3.13. The summed E-state index contributed by atoms with van der Waals surface area (Å²) >= 11 is 0. The van der Waals surface area contributed by atoms with Crippen LogP contribution in [0, 0.1) is 11.3 Å². The topological polar surface area (TPSA) is 58.2 Å². The highest BCUT2D eigenvalue weighted by atomic mass is 32.2. The molecule has 1 saturated carbocycles. The third-order valence-corrected chi connectivity index (χ3v) is 5.10. The zero-order chi connectivity index (χ0) is 14.0. The molecular formula is C13H28N2O2S. The fourth-order valence-corrected chi connectivity index (χ4v) is 4.19. The van der Waals surface area contributed by atoms with Crippen LogP contribution in [0.5, 0.6) is 0 Å². The summed E-state index contributed by atoms with van der Waals surface area (Å²) in [6.07, 6.45) is 2.34. The molecule has 5 heteroatoms. The maximum atomic E-state index is 11.7. The van der Waals surface area contributed by atoms with Crippen molar-refractivity contribution >= 4 is 10.0 Å². The van der Waals surface area contributed by atoms with Crippen molar-refractivity contribution in [3.8, 4) is 0 Å². The summed E-state index contributed by atoms with van der Waals surface area (Å²) in [5.41, 5.74) is 0.381. The molecular weight excluding hydrogens is 248 g/mol. The number of sulfonamides is 1. The molecule has 0 heterocycles. The number of hydrogen-bond acceptors (Lipinski definition) is 3. The Balaban J connectivity index is 2.35. The van der Waals surface area contributed by atoms with E-state index in [-0.39, 0.29) is 11.8 Å².